The molecule has 0 aromatic carbocycles. The summed E-state index contributed by atoms with van der Waals surface area (Å²) in [5.74, 6) is 0. The van der Waals surface area contributed by atoms with Crippen LogP contribution in [0.2, 0.25) is 0 Å². The van der Waals surface area contributed by atoms with Crippen LogP contribution in [0.15, 0.2) is 16.4 Å². The Labute approximate surface area is 72.3 Å². The largest absolute Gasteiger partial charge is 0.435 e. The molecule has 0 fully saturated rings. The van der Waals surface area contributed by atoms with Crippen molar-refractivity contribution < 1.29 is 17.9 Å². The van der Waals surface area contributed by atoms with Crippen molar-refractivity contribution in [3.05, 3.63) is 11.3 Å². The molecule has 2 aliphatic rings. The molecule has 0 amide bonds. The summed E-state index contributed by atoms with van der Waals surface area (Å²) in [4.78, 5) is 0. The van der Waals surface area contributed by atoms with Crippen LogP contribution >= 0.6 is 0 Å². The van der Waals surface area contributed by atoms with Gasteiger partial charge in [0.15, 0.2) is 5.71 Å². The maximum atomic E-state index is 12.3. The van der Waals surface area contributed by atoms with Gasteiger partial charge in [0.25, 0.3) is 0 Å². The molecule has 0 bridgehead atoms. The molecule has 3 nitrogen and oxygen atoms in total. The molecule has 0 atom stereocenters. The van der Waals surface area contributed by atoms with Gasteiger partial charge in [0.05, 0.1) is 18.9 Å². The number of rotatable bonds is 0. The molecule has 13 heavy (non-hydrogen) atoms. The number of ether oxygens (including phenoxy) is 1. The molecule has 0 saturated heterocycles. The SMILES string of the molecule is FC(F)(F)C1=N[N]C2=C1COCC2. The van der Waals surface area contributed by atoms with Crippen LogP contribution in [-0.2, 0) is 4.74 Å². The summed E-state index contributed by atoms with van der Waals surface area (Å²) < 4.78 is 41.7. The number of halogens is 3. The molecule has 0 spiro atoms. The lowest BCUT2D eigenvalue weighted by Crippen LogP contribution is -2.27. The fraction of sp³-hybridized carbons (Fsp3) is 0.571. The molecule has 0 aromatic rings. The molecule has 0 unspecified atom stereocenters. The maximum absolute atomic E-state index is 12.3. The van der Waals surface area contributed by atoms with E-state index in [-0.39, 0.29) is 12.2 Å². The molecule has 1 radical (unpaired) electrons. The summed E-state index contributed by atoms with van der Waals surface area (Å²) >= 11 is 0. The Kier molecular flexibility index (Phi) is 1.80. The average molecular weight is 191 g/mol. The average Bonchev–Trinajstić information content (AvgIpc) is 2.45. The summed E-state index contributed by atoms with van der Waals surface area (Å²) in [6, 6.07) is 0. The van der Waals surface area contributed by atoms with Crippen LogP contribution in [0.1, 0.15) is 6.42 Å². The van der Waals surface area contributed by atoms with Gasteiger partial charge in [-0.2, -0.15) is 18.6 Å². The molecule has 6 heteroatoms. The number of hydrogen-bond acceptors (Lipinski definition) is 2. The summed E-state index contributed by atoms with van der Waals surface area (Å²) in [6.07, 6.45) is -4.00. The van der Waals surface area contributed by atoms with Crippen molar-refractivity contribution in [2.75, 3.05) is 13.2 Å². The fourth-order valence-corrected chi connectivity index (χ4v) is 1.29. The van der Waals surface area contributed by atoms with E-state index in [2.05, 4.69) is 10.5 Å². The quantitative estimate of drug-likeness (QED) is 0.566. The van der Waals surface area contributed by atoms with E-state index in [4.69, 9.17) is 4.74 Å². The molecule has 71 valence electrons. The zero-order valence-electron chi connectivity index (χ0n) is 6.56. The van der Waals surface area contributed by atoms with Crippen LogP contribution in [0, 0.1) is 0 Å². The minimum atomic E-state index is -4.42. The minimum Gasteiger partial charge on any atom is -0.376 e. The van der Waals surface area contributed by atoms with Gasteiger partial charge >= 0.3 is 6.18 Å². The maximum Gasteiger partial charge on any atom is 0.435 e. The molecule has 0 N–H and O–H groups in total. The zero-order valence-corrected chi connectivity index (χ0v) is 6.56. The van der Waals surface area contributed by atoms with Gasteiger partial charge in [-0.25, -0.2) is 0 Å². The first-order chi connectivity index (χ1) is 6.09. The Morgan fingerprint density at radius 3 is 2.77 bits per heavy atom. The summed E-state index contributed by atoms with van der Waals surface area (Å²) in [5, 5.41) is 3.11. The van der Waals surface area contributed by atoms with Crippen molar-refractivity contribution >= 4 is 5.71 Å². The topological polar surface area (TPSA) is 35.7 Å². The number of hydrogen-bond donors (Lipinski definition) is 0. The zero-order chi connectivity index (χ0) is 9.47. The first kappa shape index (κ1) is 8.55. The van der Waals surface area contributed by atoms with Crippen molar-refractivity contribution in [3.8, 4) is 0 Å². The molecule has 0 saturated carbocycles. The Morgan fingerprint density at radius 2 is 2.08 bits per heavy atom. The molecular weight excluding hydrogens is 185 g/mol. The Morgan fingerprint density at radius 1 is 1.31 bits per heavy atom. The Hall–Kier alpha value is -1.04. The van der Waals surface area contributed by atoms with Crippen LogP contribution in [0.4, 0.5) is 13.2 Å². The molecule has 0 aliphatic carbocycles. The van der Waals surface area contributed by atoms with E-state index in [1.54, 1.807) is 0 Å². The van der Waals surface area contributed by atoms with Gasteiger partial charge in [0.1, 0.15) is 0 Å². The van der Waals surface area contributed by atoms with E-state index in [1.807, 2.05) is 0 Å². The first-order valence-corrected chi connectivity index (χ1v) is 3.75. The summed E-state index contributed by atoms with van der Waals surface area (Å²) in [5.41, 5.74) is 3.08. The van der Waals surface area contributed by atoms with Crippen LogP contribution in [-0.4, -0.2) is 25.1 Å². The van der Waals surface area contributed by atoms with Gasteiger partial charge in [0.2, 0.25) is 0 Å². The third kappa shape index (κ3) is 1.41. The van der Waals surface area contributed by atoms with Crippen LogP contribution in [0.3, 0.4) is 0 Å². The van der Waals surface area contributed by atoms with Crippen molar-refractivity contribution in [2.24, 2.45) is 5.10 Å². The van der Waals surface area contributed by atoms with Gasteiger partial charge in [-0.3, -0.25) is 0 Å². The van der Waals surface area contributed by atoms with Gasteiger partial charge in [0, 0.05) is 12.0 Å². The summed E-state index contributed by atoms with van der Waals surface area (Å²) in [7, 11) is 0. The van der Waals surface area contributed by atoms with Crippen molar-refractivity contribution in [1.29, 1.82) is 0 Å². The lowest BCUT2D eigenvalue weighted by molar-refractivity contribution is -0.0589. The second-order valence-electron chi connectivity index (χ2n) is 2.77. The van der Waals surface area contributed by atoms with Gasteiger partial charge in [-0.15, -0.1) is 5.10 Å². The lowest BCUT2D eigenvalue weighted by atomic mass is 10.1. The Bertz CT molecular complexity index is 293. The summed E-state index contributed by atoms with van der Waals surface area (Å²) in [6.45, 7) is 0.389. The van der Waals surface area contributed by atoms with E-state index in [1.165, 1.54) is 0 Å². The lowest BCUT2D eigenvalue weighted by Gasteiger charge is -2.15. The van der Waals surface area contributed by atoms with E-state index in [9.17, 15) is 13.2 Å². The van der Waals surface area contributed by atoms with E-state index < -0.39 is 11.9 Å². The first-order valence-electron chi connectivity index (χ1n) is 3.75. The van der Waals surface area contributed by atoms with Crippen LogP contribution < -0.4 is 5.43 Å². The highest BCUT2D eigenvalue weighted by Gasteiger charge is 2.43. The highest BCUT2D eigenvalue weighted by atomic mass is 19.4. The molecule has 0 aromatic heterocycles. The van der Waals surface area contributed by atoms with Crippen molar-refractivity contribution in [3.63, 3.8) is 0 Å². The highest BCUT2D eigenvalue weighted by Crippen LogP contribution is 2.30. The number of alkyl halides is 3. The smallest absolute Gasteiger partial charge is 0.376 e. The monoisotopic (exact) mass is 191 g/mol. The predicted molar refractivity (Wildman–Crippen MR) is 38.1 cm³/mol. The highest BCUT2D eigenvalue weighted by molar-refractivity contribution is 6.06. The Balaban J connectivity index is 2.28. The molecule has 2 rings (SSSR count). The third-order valence-corrected chi connectivity index (χ3v) is 1.90. The van der Waals surface area contributed by atoms with Crippen LogP contribution in [0.25, 0.3) is 0 Å². The third-order valence-electron chi connectivity index (χ3n) is 1.90. The number of nitrogens with zero attached hydrogens (tertiary/aromatic N) is 2. The van der Waals surface area contributed by atoms with E-state index in [0.29, 0.717) is 18.7 Å². The molecule has 2 heterocycles. The second kappa shape index (κ2) is 2.73. The standard InChI is InChI=1S/C7H6F3N2O/c8-7(9,10)6-4-3-13-2-1-5(4)11-12-6/h1-3H2. The predicted octanol–water partition coefficient (Wildman–Crippen LogP) is 1.20. The minimum absolute atomic E-state index is 0.0306. The molecular formula is C7H6F3N2O. The normalized spacial score (nSPS) is 22.5. The van der Waals surface area contributed by atoms with Gasteiger partial charge in [-0.1, -0.05) is 0 Å². The van der Waals surface area contributed by atoms with Crippen LogP contribution in [0.5, 0.6) is 0 Å². The van der Waals surface area contributed by atoms with Gasteiger partial charge < -0.3 is 4.74 Å². The van der Waals surface area contributed by atoms with Crippen molar-refractivity contribution in [1.82, 2.24) is 5.43 Å². The van der Waals surface area contributed by atoms with E-state index >= 15 is 0 Å². The second-order valence-corrected chi connectivity index (χ2v) is 2.77. The van der Waals surface area contributed by atoms with Gasteiger partial charge in [-0.05, 0) is 0 Å². The van der Waals surface area contributed by atoms with Crippen molar-refractivity contribution in [2.45, 2.75) is 12.6 Å². The van der Waals surface area contributed by atoms with E-state index in [0.717, 1.165) is 0 Å². The fourth-order valence-electron chi connectivity index (χ4n) is 1.29. The molecule has 2 aliphatic heterocycles.